The van der Waals surface area contributed by atoms with Gasteiger partial charge in [0.2, 0.25) is 0 Å². The van der Waals surface area contributed by atoms with Crippen molar-refractivity contribution in [1.82, 2.24) is 5.32 Å². The van der Waals surface area contributed by atoms with Crippen LogP contribution in [0, 0.1) is 5.92 Å². The minimum atomic E-state index is -4.19. The normalized spacial score (nSPS) is 42.0. The van der Waals surface area contributed by atoms with Crippen LogP contribution in [-0.4, -0.2) is 65.1 Å². The zero-order chi connectivity index (χ0) is 15.6. The SMILES string of the molecule is OC[C@H]1OC[C@H](NC2CCCC(C(F)(F)F)C2)[C@@H](O)[C@H]1O. The van der Waals surface area contributed by atoms with E-state index in [9.17, 15) is 23.4 Å². The van der Waals surface area contributed by atoms with Gasteiger partial charge in [0.25, 0.3) is 0 Å². The van der Waals surface area contributed by atoms with Crippen LogP contribution in [0.5, 0.6) is 0 Å². The molecule has 5 nitrogen and oxygen atoms in total. The number of aliphatic hydroxyl groups excluding tert-OH is 3. The molecule has 1 aliphatic heterocycles. The van der Waals surface area contributed by atoms with E-state index < -0.39 is 43.1 Å². The van der Waals surface area contributed by atoms with E-state index in [0.717, 1.165) is 0 Å². The summed E-state index contributed by atoms with van der Waals surface area (Å²) >= 11 is 0. The molecular formula is C13H22F3NO4. The Morgan fingerprint density at radius 2 is 1.86 bits per heavy atom. The highest BCUT2D eigenvalue weighted by molar-refractivity contribution is 4.93. The highest BCUT2D eigenvalue weighted by Gasteiger charge is 2.44. The lowest BCUT2D eigenvalue weighted by Crippen LogP contribution is -2.61. The van der Waals surface area contributed by atoms with Crippen molar-refractivity contribution < 1.29 is 33.2 Å². The number of aliphatic hydroxyl groups is 3. The van der Waals surface area contributed by atoms with Crippen molar-refractivity contribution in [1.29, 1.82) is 0 Å². The molecule has 8 heteroatoms. The summed E-state index contributed by atoms with van der Waals surface area (Å²) in [7, 11) is 0. The van der Waals surface area contributed by atoms with Crippen LogP contribution < -0.4 is 5.32 Å². The Hall–Kier alpha value is -0.410. The topological polar surface area (TPSA) is 82.0 Å². The van der Waals surface area contributed by atoms with Crippen molar-refractivity contribution in [3.05, 3.63) is 0 Å². The van der Waals surface area contributed by atoms with E-state index in [-0.39, 0.29) is 25.5 Å². The Morgan fingerprint density at radius 1 is 1.14 bits per heavy atom. The first-order valence-electron chi connectivity index (χ1n) is 7.24. The Balaban J connectivity index is 1.89. The molecule has 0 bridgehead atoms. The van der Waals surface area contributed by atoms with Crippen LogP contribution in [0.15, 0.2) is 0 Å². The van der Waals surface area contributed by atoms with Crippen molar-refractivity contribution in [3.8, 4) is 0 Å². The quantitative estimate of drug-likeness (QED) is 0.597. The molecule has 4 N–H and O–H groups in total. The van der Waals surface area contributed by atoms with Crippen LogP contribution in [-0.2, 0) is 4.74 Å². The molecule has 1 heterocycles. The van der Waals surface area contributed by atoms with Crippen LogP contribution in [0.1, 0.15) is 25.7 Å². The van der Waals surface area contributed by atoms with Gasteiger partial charge in [-0.1, -0.05) is 6.42 Å². The number of halogens is 3. The van der Waals surface area contributed by atoms with Gasteiger partial charge in [-0.15, -0.1) is 0 Å². The first-order valence-corrected chi connectivity index (χ1v) is 7.24. The first-order chi connectivity index (χ1) is 9.82. The third-order valence-electron chi connectivity index (χ3n) is 4.40. The molecule has 2 fully saturated rings. The molecule has 21 heavy (non-hydrogen) atoms. The Morgan fingerprint density at radius 3 is 2.48 bits per heavy atom. The van der Waals surface area contributed by atoms with Crippen LogP contribution in [0.25, 0.3) is 0 Å². The van der Waals surface area contributed by atoms with Crippen molar-refractivity contribution >= 4 is 0 Å². The van der Waals surface area contributed by atoms with Crippen molar-refractivity contribution in [3.63, 3.8) is 0 Å². The first kappa shape index (κ1) is 17.0. The van der Waals surface area contributed by atoms with Gasteiger partial charge in [-0.2, -0.15) is 13.2 Å². The minimum absolute atomic E-state index is 0.0216. The summed E-state index contributed by atoms with van der Waals surface area (Å²) in [5.41, 5.74) is 0. The average molecular weight is 313 g/mol. The van der Waals surface area contributed by atoms with Gasteiger partial charge >= 0.3 is 6.18 Å². The molecule has 2 unspecified atom stereocenters. The van der Waals surface area contributed by atoms with E-state index in [1.54, 1.807) is 0 Å². The van der Waals surface area contributed by atoms with E-state index in [1.165, 1.54) is 0 Å². The fourth-order valence-electron chi connectivity index (χ4n) is 3.13. The highest BCUT2D eigenvalue weighted by Crippen LogP contribution is 2.37. The smallest absolute Gasteiger partial charge is 0.391 e. The molecule has 2 rings (SSSR count). The van der Waals surface area contributed by atoms with Crippen molar-refractivity contribution in [2.24, 2.45) is 5.92 Å². The van der Waals surface area contributed by atoms with Gasteiger partial charge in [0.15, 0.2) is 0 Å². The van der Waals surface area contributed by atoms with E-state index in [0.29, 0.717) is 12.8 Å². The summed E-state index contributed by atoms with van der Waals surface area (Å²) in [5, 5.41) is 31.7. The molecule has 0 radical (unpaired) electrons. The molecule has 0 spiro atoms. The van der Waals surface area contributed by atoms with Crippen LogP contribution in [0.2, 0.25) is 0 Å². The largest absolute Gasteiger partial charge is 0.394 e. The van der Waals surface area contributed by atoms with Crippen LogP contribution in [0.4, 0.5) is 13.2 Å². The maximum atomic E-state index is 12.8. The van der Waals surface area contributed by atoms with Gasteiger partial charge in [0.05, 0.1) is 25.2 Å². The predicted molar refractivity (Wildman–Crippen MR) is 67.6 cm³/mol. The standard InChI is InChI=1S/C13H22F3NO4/c14-13(15,16)7-2-1-3-8(4-7)17-9-6-21-10(5-18)12(20)11(9)19/h7-12,17-20H,1-6H2/t7?,8?,9-,10+,11+,12-/m0/s1. The molecule has 0 aromatic rings. The van der Waals surface area contributed by atoms with Gasteiger partial charge in [-0.3, -0.25) is 0 Å². The molecule has 124 valence electrons. The van der Waals surface area contributed by atoms with Crippen molar-refractivity contribution in [2.45, 2.75) is 62.3 Å². The lowest BCUT2D eigenvalue weighted by atomic mass is 9.84. The lowest BCUT2D eigenvalue weighted by molar-refractivity contribution is -0.186. The van der Waals surface area contributed by atoms with Crippen molar-refractivity contribution in [2.75, 3.05) is 13.2 Å². The third-order valence-corrected chi connectivity index (χ3v) is 4.40. The molecule has 6 atom stereocenters. The van der Waals surface area contributed by atoms with Gasteiger partial charge in [0, 0.05) is 6.04 Å². The molecule has 0 aromatic heterocycles. The number of nitrogens with one attached hydrogen (secondary N) is 1. The Kier molecular flexibility index (Phi) is 5.48. The average Bonchev–Trinajstić information content (AvgIpc) is 2.44. The van der Waals surface area contributed by atoms with E-state index in [2.05, 4.69) is 5.32 Å². The number of hydrogen-bond donors (Lipinski definition) is 4. The second-order valence-corrected chi connectivity index (χ2v) is 5.91. The van der Waals surface area contributed by atoms with Crippen LogP contribution >= 0.6 is 0 Å². The monoisotopic (exact) mass is 313 g/mol. The second kappa shape index (κ2) is 6.78. The highest BCUT2D eigenvalue weighted by atomic mass is 19.4. The lowest BCUT2D eigenvalue weighted by Gasteiger charge is -2.40. The molecule has 1 saturated carbocycles. The summed E-state index contributed by atoms with van der Waals surface area (Å²) in [6, 6.07) is -0.980. The number of ether oxygens (including phenoxy) is 1. The van der Waals surface area contributed by atoms with Gasteiger partial charge < -0.3 is 25.4 Å². The Labute approximate surface area is 121 Å². The van der Waals surface area contributed by atoms with Gasteiger partial charge in [0.1, 0.15) is 18.3 Å². The summed E-state index contributed by atoms with van der Waals surface area (Å²) in [6.07, 6.45) is -6.25. The van der Waals surface area contributed by atoms with Crippen LogP contribution in [0.3, 0.4) is 0 Å². The summed E-state index contributed by atoms with van der Waals surface area (Å²) in [4.78, 5) is 0. The molecular weight excluding hydrogens is 291 g/mol. The number of rotatable bonds is 3. The molecule has 0 aromatic carbocycles. The minimum Gasteiger partial charge on any atom is -0.394 e. The second-order valence-electron chi connectivity index (χ2n) is 5.91. The summed E-state index contributed by atoms with van der Waals surface area (Å²) < 4.78 is 43.5. The number of hydrogen-bond acceptors (Lipinski definition) is 5. The molecule has 1 saturated heterocycles. The molecule has 2 aliphatic rings. The zero-order valence-corrected chi connectivity index (χ0v) is 11.6. The fraction of sp³-hybridized carbons (Fsp3) is 1.00. The van der Waals surface area contributed by atoms with Gasteiger partial charge in [-0.25, -0.2) is 0 Å². The maximum absolute atomic E-state index is 12.8. The molecule has 0 amide bonds. The number of alkyl halides is 3. The molecule has 1 aliphatic carbocycles. The summed E-state index contributed by atoms with van der Waals surface area (Å²) in [6.45, 7) is -0.360. The van der Waals surface area contributed by atoms with E-state index in [4.69, 9.17) is 9.84 Å². The van der Waals surface area contributed by atoms with E-state index in [1.807, 2.05) is 0 Å². The Bertz CT molecular complexity index is 342. The predicted octanol–water partition coefficient (Wildman–Crippen LogP) is 0.179. The third kappa shape index (κ3) is 4.07. The summed E-state index contributed by atoms with van der Waals surface area (Å²) in [5.74, 6) is -1.32. The maximum Gasteiger partial charge on any atom is 0.391 e. The van der Waals surface area contributed by atoms with E-state index >= 15 is 0 Å². The zero-order valence-electron chi connectivity index (χ0n) is 11.6. The fourth-order valence-corrected chi connectivity index (χ4v) is 3.13. The van der Waals surface area contributed by atoms with Gasteiger partial charge in [-0.05, 0) is 19.3 Å².